The first-order chi connectivity index (χ1) is 14.6. The fourth-order valence-electron chi connectivity index (χ4n) is 3.82. The van der Waals surface area contributed by atoms with E-state index < -0.39 is 0 Å². The number of pyridine rings is 1. The van der Waals surface area contributed by atoms with Gasteiger partial charge in [-0.05, 0) is 53.9 Å². The minimum Gasteiger partial charge on any atom is -0.508 e. The maximum Gasteiger partial charge on any atom is 0.234 e. The third kappa shape index (κ3) is 3.23. The van der Waals surface area contributed by atoms with Crippen molar-refractivity contribution in [2.45, 2.75) is 6.42 Å². The highest BCUT2D eigenvalue weighted by Crippen LogP contribution is 2.42. The van der Waals surface area contributed by atoms with Crippen molar-refractivity contribution in [1.29, 1.82) is 0 Å². The van der Waals surface area contributed by atoms with Gasteiger partial charge < -0.3 is 10.0 Å². The van der Waals surface area contributed by atoms with Crippen molar-refractivity contribution in [3.8, 4) is 5.75 Å². The van der Waals surface area contributed by atoms with Crippen LogP contribution < -0.4 is 9.80 Å². The fourth-order valence-corrected chi connectivity index (χ4v) is 3.99. The monoisotopic (exact) mass is 415 g/mol. The predicted octanol–water partition coefficient (Wildman–Crippen LogP) is 5.80. The van der Waals surface area contributed by atoms with Crippen LogP contribution in [0.2, 0.25) is 5.02 Å². The molecule has 1 aliphatic heterocycles. The molecule has 1 aromatic heterocycles. The Balaban J connectivity index is 1.68. The number of halogens is 1. The van der Waals surface area contributed by atoms with Crippen molar-refractivity contribution in [3.05, 3.63) is 84.0 Å². The standard InChI is InChI=1S/C24H18ClN3O2/c25-18-5-10-21-22(14-18)27(19-6-8-20(29)9-7-19)12-11-24(30)28(21)23-13-16-3-1-2-4-17(16)15-26-23/h1-10,13-15,29H,11-12H2. The van der Waals surface area contributed by atoms with Crippen molar-refractivity contribution in [2.24, 2.45) is 0 Å². The number of carbonyl (C=O) groups excluding carboxylic acids is 1. The summed E-state index contributed by atoms with van der Waals surface area (Å²) >= 11 is 6.33. The largest absolute Gasteiger partial charge is 0.508 e. The number of rotatable bonds is 2. The molecule has 1 N–H and O–H groups in total. The summed E-state index contributed by atoms with van der Waals surface area (Å²) in [5, 5.41) is 12.3. The molecule has 148 valence electrons. The van der Waals surface area contributed by atoms with Crippen LogP contribution in [-0.2, 0) is 4.79 Å². The van der Waals surface area contributed by atoms with Crippen molar-refractivity contribution in [2.75, 3.05) is 16.3 Å². The number of amides is 1. The number of fused-ring (bicyclic) bond motifs is 2. The molecule has 5 nitrogen and oxygen atoms in total. The average Bonchev–Trinajstić information content (AvgIpc) is 2.90. The zero-order valence-corrected chi connectivity index (χ0v) is 16.8. The number of phenolic OH excluding ortho intramolecular Hbond substituents is 1. The second-order valence-corrected chi connectivity index (χ2v) is 7.61. The number of carbonyl (C=O) groups is 1. The van der Waals surface area contributed by atoms with Gasteiger partial charge in [0.25, 0.3) is 0 Å². The Kier molecular flexibility index (Phi) is 4.52. The van der Waals surface area contributed by atoms with E-state index in [2.05, 4.69) is 4.98 Å². The highest BCUT2D eigenvalue weighted by molar-refractivity contribution is 6.31. The number of aromatic nitrogens is 1. The number of phenols is 1. The maximum absolute atomic E-state index is 13.2. The van der Waals surface area contributed by atoms with Gasteiger partial charge in [0.2, 0.25) is 5.91 Å². The van der Waals surface area contributed by atoms with Crippen LogP contribution in [0.1, 0.15) is 6.42 Å². The van der Waals surface area contributed by atoms with Crippen LogP contribution >= 0.6 is 11.6 Å². The Bertz CT molecular complexity index is 1260. The van der Waals surface area contributed by atoms with Gasteiger partial charge in [-0.15, -0.1) is 0 Å². The lowest BCUT2D eigenvalue weighted by Gasteiger charge is -2.27. The molecule has 5 rings (SSSR count). The predicted molar refractivity (Wildman–Crippen MR) is 120 cm³/mol. The van der Waals surface area contributed by atoms with Gasteiger partial charge in [0.1, 0.15) is 11.6 Å². The van der Waals surface area contributed by atoms with E-state index in [0.29, 0.717) is 23.8 Å². The highest BCUT2D eigenvalue weighted by Gasteiger charge is 2.29. The molecule has 0 radical (unpaired) electrons. The van der Waals surface area contributed by atoms with E-state index in [1.54, 1.807) is 29.3 Å². The van der Waals surface area contributed by atoms with E-state index in [1.807, 2.05) is 59.5 Å². The fraction of sp³-hybridized carbons (Fsp3) is 0.0833. The number of nitrogens with zero attached hydrogens (tertiary/aromatic N) is 3. The molecule has 1 amide bonds. The first kappa shape index (κ1) is 18.5. The molecular weight excluding hydrogens is 398 g/mol. The lowest BCUT2D eigenvalue weighted by molar-refractivity contribution is -0.117. The van der Waals surface area contributed by atoms with Crippen LogP contribution in [0.5, 0.6) is 5.75 Å². The van der Waals surface area contributed by atoms with Crippen molar-refractivity contribution < 1.29 is 9.90 Å². The Morgan fingerprint density at radius 3 is 2.47 bits per heavy atom. The van der Waals surface area contributed by atoms with Gasteiger partial charge in [-0.1, -0.05) is 35.9 Å². The zero-order valence-electron chi connectivity index (χ0n) is 16.0. The van der Waals surface area contributed by atoms with Crippen molar-refractivity contribution in [3.63, 3.8) is 0 Å². The summed E-state index contributed by atoms with van der Waals surface area (Å²) in [6.07, 6.45) is 2.10. The van der Waals surface area contributed by atoms with Crippen molar-refractivity contribution in [1.82, 2.24) is 4.98 Å². The Hall–Kier alpha value is -3.57. The van der Waals surface area contributed by atoms with E-state index in [4.69, 9.17) is 11.6 Å². The van der Waals surface area contributed by atoms with Gasteiger partial charge in [-0.2, -0.15) is 0 Å². The minimum absolute atomic E-state index is 0.0392. The molecule has 0 atom stereocenters. The van der Waals surface area contributed by atoms with Gasteiger partial charge in [0.15, 0.2) is 0 Å². The van der Waals surface area contributed by atoms with Gasteiger partial charge in [0, 0.05) is 35.3 Å². The van der Waals surface area contributed by atoms with Crippen LogP contribution in [0.4, 0.5) is 22.9 Å². The molecule has 0 fully saturated rings. The third-order valence-corrected chi connectivity index (χ3v) is 5.51. The van der Waals surface area contributed by atoms with E-state index in [1.165, 1.54) is 0 Å². The van der Waals surface area contributed by atoms with Crippen LogP contribution in [-0.4, -0.2) is 22.5 Å². The minimum atomic E-state index is -0.0392. The van der Waals surface area contributed by atoms with E-state index >= 15 is 0 Å². The van der Waals surface area contributed by atoms with Crippen LogP contribution in [0.25, 0.3) is 10.8 Å². The highest BCUT2D eigenvalue weighted by atomic mass is 35.5. The quantitative estimate of drug-likeness (QED) is 0.449. The van der Waals surface area contributed by atoms with E-state index in [-0.39, 0.29) is 11.7 Å². The lowest BCUT2D eigenvalue weighted by atomic mass is 10.1. The maximum atomic E-state index is 13.2. The third-order valence-electron chi connectivity index (χ3n) is 5.27. The van der Waals surface area contributed by atoms with Gasteiger partial charge in [0.05, 0.1) is 11.4 Å². The second-order valence-electron chi connectivity index (χ2n) is 7.17. The molecule has 0 spiro atoms. The number of aromatic hydroxyl groups is 1. The Labute approximate surface area is 178 Å². The molecule has 0 saturated heterocycles. The summed E-state index contributed by atoms with van der Waals surface area (Å²) < 4.78 is 0. The normalized spacial score (nSPS) is 14.0. The summed E-state index contributed by atoms with van der Waals surface area (Å²) in [4.78, 5) is 21.5. The van der Waals surface area contributed by atoms with Crippen LogP contribution in [0.3, 0.4) is 0 Å². The second kappa shape index (κ2) is 7.35. The number of hydrogen-bond donors (Lipinski definition) is 1. The Morgan fingerprint density at radius 1 is 0.900 bits per heavy atom. The first-order valence-electron chi connectivity index (χ1n) is 9.64. The number of hydrogen-bond acceptors (Lipinski definition) is 4. The molecule has 6 heteroatoms. The summed E-state index contributed by atoms with van der Waals surface area (Å²) in [6, 6.07) is 22.3. The molecule has 0 saturated carbocycles. The van der Waals surface area contributed by atoms with Gasteiger partial charge in [-0.3, -0.25) is 9.69 Å². The molecule has 0 unspecified atom stereocenters. The van der Waals surface area contributed by atoms with E-state index in [0.717, 1.165) is 27.8 Å². The molecule has 2 heterocycles. The van der Waals surface area contributed by atoms with Crippen LogP contribution in [0.15, 0.2) is 79.0 Å². The summed E-state index contributed by atoms with van der Waals surface area (Å²) in [5.41, 5.74) is 2.41. The zero-order chi connectivity index (χ0) is 20.7. The van der Waals surface area contributed by atoms with Crippen LogP contribution in [0, 0.1) is 0 Å². The first-order valence-corrected chi connectivity index (χ1v) is 10.0. The van der Waals surface area contributed by atoms with E-state index in [9.17, 15) is 9.90 Å². The topological polar surface area (TPSA) is 56.7 Å². The summed E-state index contributed by atoms with van der Waals surface area (Å²) in [6.45, 7) is 0.487. The molecule has 0 bridgehead atoms. The average molecular weight is 416 g/mol. The smallest absolute Gasteiger partial charge is 0.234 e. The molecule has 0 aliphatic carbocycles. The molecular formula is C24H18ClN3O2. The number of benzene rings is 3. The lowest BCUT2D eigenvalue weighted by Crippen LogP contribution is -2.26. The molecule has 3 aromatic carbocycles. The van der Waals surface area contributed by atoms with Gasteiger partial charge >= 0.3 is 0 Å². The number of anilines is 4. The molecule has 1 aliphatic rings. The van der Waals surface area contributed by atoms with Gasteiger partial charge in [-0.25, -0.2) is 4.98 Å². The molecule has 30 heavy (non-hydrogen) atoms. The van der Waals surface area contributed by atoms with Crippen molar-refractivity contribution >= 4 is 51.2 Å². The molecule has 4 aromatic rings. The summed E-state index contributed by atoms with van der Waals surface area (Å²) in [7, 11) is 0. The Morgan fingerprint density at radius 2 is 1.67 bits per heavy atom. The summed E-state index contributed by atoms with van der Waals surface area (Å²) in [5.74, 6) is 0.732. The SMILES string of the molecule is O=C1CCN(c2ccc(O)cc2)c2cc(Cl)ccc2N1c1cc2ccccc2cn1.